The minimum atomic E-state index is -1.37. The van der Waals surface area contributed by atoms with Crippen LogP contribution in [0.25, 0.3) is 0 Å². The lowest BCUT2D eigenvalue weighted by Crippen LogP contribution is -2.25. The molecule has 0 aliphatic carbocycles. The summed E-state index contributed by atoms with van der Waals surface area (Å²) in [6.45, 7) is 1.88. The SMILES string of the molecule is COc1ccc(C(=O)NN=C(CC(=O)c2ccc(C)cc2)C(=O)O)cc1. The second kappa shape index (κ2) is 8.57. The topological polar surface area (TPSA) is 105 Å². The highest BCUT2D eigenvalue weighted by Gasteiger charge is 2.17. The van der Waals surface area contributed by atoms with Gasteiger partial charge in [-0.05, 0) is 31.2 Å². The molecule has 0 spiro atoms. The number of aliphatic carboxylic acids is 1. The predicted octanol–water partition coefficient (Wildman–Crippen LogP) is 2.45. The number of amides is 1. The number of ether oxygens (including phenoxy) is 1. The number of hydrogen-bond donors (Lipinski definition) is 2. The number of methoxy groups -OCH3 is 1. The molecule has 1 amide bonds. The molecule has 26 heavy (non-hydrogen) atoms. The zero-order valence-corrected chi connectivity index (χ0v) is 14.4. The van der Waals surface area contributed by atoms with Crippen LogP contribution in [0.3, 0.4) is 0 Å². The zero-order valence-electron chi connectivity index (χ0n) is 14.4. The van der Waals surface area contributed by atoms with Crippen molar-refractivity contribution in [3.63, 3.8) is 0 Å². The Bertz CT molecular complexity index is 839. The van der Waals surface area contributed by atoms with Gasteiger partial charge in [-0.1, -0.05) is 29.8 Å². The number of hydrogen-bond acceptors (Lipinski definition) is 5. The van der Waals surface area contributed by atoms with Crippen LogP contribution < -0.4 is 10.2 Å². The van der Waals surface area contributed by atoms with E-state index < -0.39 is 29.8 Å². The molecule has 7 heteroatoms. The Balaban J connectivity index is 2.08. The molecule has 0 heterocycles. The smallest absolute Gasteiger partial charge is 0.352 e. The van der Waals surface area contributed by atoms with Crippen LogP contribution in [-0.4, -0.2) is 35.6 Å². The van der Waals surface area contributed by atoms with E-state index in [1.807, 2.05) is 6.92 Å². The normalized spacial score (nSPS) is 10.9. The predicted molar refractivity (Wildman–Crippen MR) is 95.7 cm³/mol. The molecule has 134 valence electrons. The van der Waals surface area contributed by atoms with Gasteiger partial charge in [0.25, 0.3) is 5.91 Å². The average Bonchev–Trinajstić information content (AvgIpc) is 2.65. The molecule has 0 saturated heterocycles. The van der Waals surface area contributed by atoms with Crippen molar-refractivity contribution in [1.82, 2.24) is 5.43 Å². The molecule has 0 unspecified atom stereocenters. The fraction of sp³-hybridized carbons (Fsp3) is 0.158. The monoisotopic (exact) mass is 354 g/mol. The summed E-state index contributed by atoms with van der Waals surface area (Å²) >= 11 is 0. The second-order valence-electron chi connectivity index (χ2n) is 5.50. The second-order valence-corrected chi connectivity index (χ2v) is 5.50. The summed E-state index contributed by atoms with van der Waals surface area (Å²) in [7, 11) is 1.50. The maximum absolute atomic E-state index is 12.2. The molecule has 0 saturated carbocycles. The van der Waals surface area contributed by atoms with Gasteiger partial charge in [-0.3, -0.25) is 9.59 Å². The van der Waals surface area contributed by atoms with E-state index in [2.05, 4.69) is 10.5 Å². The summed E-state index contributed by atoms with van der Waals surface area (Å²) in [6.07, 6.45) is -0.429. The lowest BCUT2D eigenvalue weighted by molar-refractivity contribution is -0.129. The van der Waals surface area contributed by atoms with E-state index in [9.17, 15) is 19.5 Å². The molecule has 0 aliphatic rings. The van der Waals surface area contributed by atoms with Crippen molar-refractivity contribution in [1.29, 1.82) is 0 Å². The maximum Gasteiger partial charge on any atom is 0.352 e. The fourth-order valence-corrected chi connectivity index (χ4v) is 2.08. The zero-order chi connectivity index (χ0) is 19.1. The number of carboxylic acid groups (broad SMARTS) is 1. The number of carbonyl (C=O) groups excluding carboxylic acids is 2. The molecular weight excluding hydrogens is 336 g/mol. The van der Waals surface area contributed by atoms with Crippen molar-refractivity contribution in [2.24, 2.45) is 5.10 Å². The fourth-order valence-electron chi connectivity index (χ4n) is 2.08. The molecular formula is C19H18N2O5. The average molecular weight is 354 g/mol. The van der Waals surface area contributed by atoms with Crippen LogP contribution in [0.2, 0.25) is 0 Å². The van der Waals surface area contributed by atoms with Crippen LogP contribution in [0.1, 0.15) is 32.7 Å². The number of hydrazone groups is 1. The van der Waals surface area contributed by atoms with Crippen molar-refractivity contribution >= 4 is 23.4 Å². The van der Waals surface area contributed by atoms with Gasteiger partial charge < -0.3 is 9.84 Å². The van der Waals surface area contributed by atoms with Crippen LogP contribution in [0.15, 0.2) is 53.6 Å². The van der Waals surface area contributed by atoms with Crippen molar-refractivity contribution in [3.8, 4) is 5.75 Å². The number of nitrogens with zero attached hydrogens (tertiary/aromatic N) is 1. The molecule has 2 N–H and O–H groups in total. The van der Waals surface area contributed by atoms with E-state index >= 15 is 0 Å². The third-order valence-electron chi connectivity index (χ3n) is 3.59. The lowest BCUT2D eigenvalue weighted by atomic mass is 10.0. The van der Waals surface area contributed by atoms with Gasteiger partial charge in [0.2, 0.25) is 0 Å². The Morgan fingerprint density at radius 2 is 1.58 bits per heavy atom. The van der Waals surface area contributed by atoms with Crippen LogP contribution in [0.4, 0.5) is 0 Å². The molecule has 0 radical (unpaired) electrons. The highest BCUT2D eigenvalue weighted by molar-refractivity contribution is 6.40. The Morgan fingerprint density at radius 3 is 2.12 bits per heavy atom. The van der Waals surface area contributed by atoms with Gasteiger partial charge in [-0.15, -0.1) is 0 Å². The van der Waals surface area contributed by atoms with Gasteiger partial charge in [-0.2, -0.15) is 5.10 Å². The summed E-state index contributed by atoms with van der Waals surface area (Å²) in [6, 6.07) is 13.0. The molecule has 0 bridgehead atoms. The lowest BCUT2D eigenvalue weighted by Gasteiger charge is -2.05. The Hall–Kier alpha value is -3.48. The summed E-state index contributed by atoms with van der Waals surface area (Å²) < 4.78 is 5.00. The standard InChI is InChI=1S/C19H18N2O5/c1-12-3-5-13(6-4-12)17(22)11-16(19(24)25)20-21-18(23)14-7-9-15(26-2)10-8-14/h3-10H,11H2,1-2H3,(H,21,23)(H,24,25). The van der Waals surface area contributed by atoms with E-state index in [1.54, 1.807) is 36.4 Å². The quantitative estimate of drug-likeness (QED) is 0.451. The van der Waals surface area contributed by atoms with E-state index in [4.69, 9.17) is 4.74 Å². The molecule has 7 nitrogen and oxygen atoms in total. The summed E-state index contributed by atoms with van der Waals surface area (Å²) in [4.78, 5) is 35.5. The molecule has 2 aromatic rings. The number of carboxylic acids is 1. The first-order valence-corrected chi connectivity index (χ1v) is 7.75. The molecule has 0 atom stereocenters. The first-order chi connectivity index (χ1) is 12.4. The largest absolute Gasteiger partial charge is 0.497 e. The van der Waals surface area contributed by atoms with Gasteiger partial charge in [0.05, 0.1) is 13.5 Å². The van der Waals surface area contributed by atoms with E-state index in [0.717, 1.165) is 5.56 Å². The number of ketones is 1. The Labute approximate surface area is 150 Å². The minimum absolute atomic E-state index is 0.282. The van der Waals surface area contributed by atoms with Crippen molar-refractivity contribution in [3.05, 3.63) is 65.2 Å². The summed E-state index contributed by atoms with van der Waals surface area (Å²) in [5.41, 5.74) is 3.36. The minimum Gasteiger partial charge on any atom is -0.497 e. The van der Waals surface area contributed by atoms with Gasteiger partial charge in [0, 0.05) is 11.1 Å². The summed E-state index contributed by atoms with van der Waals surface area (Å²) in [5.74, 6) is -1.78. The van der Waals surface area contributed by atoms with Crippen LogP contribution >= 0.6 is 0 Å². The molecule has 2 rings (SSSR count). The van der Waals surface area contributed by atoms with Crippen LogP contribution in [-0.2, 0) is 4.79 Å². The number of nitrogens with one attached hydrogen (secondary N) is 1. The third kappa shape index (κ3) is 5.01. The van der Waals surface area contributed by atoms with E-state index in [1.165, 1.54) is 19.2 Å². The van der Waals surface area contributed by atoms with Crippen LogP contribution in [0, 0.1) is 6.92 Å². The first-order valence-electron chi connectivity index (χ1n) is 7.75. The van der Waals surface area contributed by atoms with E-state index in [-0.39, 0.29) is 5.56 Å². The summed E-state index contributed by atoms with van der Waals surface area (Å²) in [5, 5.41) is 12.8. The van der Waals surface area contributed by atoms with Gasteiger partial charge in [0.1, 0.15) is 5.75 Å². The van der Waals surface area contributed by atoms with Crippen LogP contribution in [0.5, 0.6) is 5.75 Å². The van der Waals surface area contributed by atoms with Crippen molar-refractivity contribution in [2.75, 3.05) is 7.11 Å². The van der Waals surface area contributed by atoms with Gasteiger partial charge in [-0.25, -0.2) is 10.2 Å². The molecule has 0 aliphatic heterocycles. The number of aryl methyl sites for hydroxylation is 1. The number of Topliss-reactive ketones (excluding diaryl/α,β-unsaturated/α-hetero) is 1. The van der Waals surface area contributed by atoms with Crippen molar-refractivity contribution in [2.45, 2.75) is 13.3 Å². The first kappa shape index (κ1) is 18.9. The van der Waals surface area contributed by atoms with E-state index in [0.29, 0.717) is 11.3 Å². The molecule has 0 fully saturated rings. The number of rotatable bonds is 7. The number of carbonyl (C=O) groups is 3. The van der Waals surface area contributed by atoms with Crippen molar-refractivity contribution < 1.29 is 24.2 Å². The molecule has 0 aromatic heterocycles. The van der Waals surface area contributed by atoms with Gasteiger partial charge in [0.15, 0.2) is 11.5 Å². The van der Waals surface area contributed by atoms with Gasteiger partial charge >= 0.3 is 5.97 Å². The Kier molecular flexibility index (Phi) is 6.21. The molecule has 2 aromatic carbocycles. The number of benzene rings is 2. The Morgan fingerprint density at radius 1 is 1.00 bits per heavy atom. The highest BCUT2D eigenvalue weighted by atomic mass is 16.5. The third-order valence-corrected chi connectivity index (χ3v) is 3.59. The highest BCUT2D eigenvalue weighted by Crippen LogP contribution is 2.11. The maximum atomic E-state index is 12.2.